The number of carboxylic acids is 1. The van der Waals surface area contributed by atoms with Crippen LogP contribution in [0.2, 0.25) is 0 Å². The zero-order chi connectivity index (χ0) is 12.1. The second-order valence-electron chi connectivity index (χ2n) is 2.95. The van der Waals surface area contributed by atoms with Crippen molar-refractivity contribution in [3.63, 3.8) is 0 Å². The highest BCUT2D eigenvalue weighted by Gasteiger charge is 2.16. The lowest BCUT2D eigenvalue weighted by molar-refractivity contribution is -0.136. The summed E-state index contributed by atoms with van der Waals surface area (Å²) in [6.07, 6.45) is 4.93. The topological polar surface area (TPSA) is 77.8 Å². The van der Waals surface area contributed by atoms with Crippen LogP contribution < -0.4 is 4.90 Å². The van der Waals surface area contributed by atoms with Crippen molar-refractivity contribution in [2.45, 2.75) is 0 Å². The number of phenolic OH excluding ortho intramolecular Hbond substituents is 1. The lowest BCUT2D eigenvalue weighted by atomic mass is 10.2. The van der Waals surface area contributed by atoms with Crippen LogP contribution in [0.15, 0.2) is 24.3 Å². The van der Waals surface area contributed by atoms with E-state index >= 15 is 0 Å². The third-order valence-corrected chi connectivity index (χ3v) is 1.82. The van der Waals surface area contributed by atoms with Crippen LogP contribution in [0.25, 0.3) is 0 Å². The number of nitrogens with zero attached hydrogens (tertiary/aromatic N) is 1. The molecule has 0 atom stereocenters. The van der Waals surface area contributed by atoms with Crippen molar-refractivity contribution in [1.29, 1.82) is 0 Å². The molecule has 0 fully saturated rings. The number of hydrogen-bond acceptors (Lipinski definition) is 3. The summed E-state index contributed by atoms with van der Waals surface area (Å²) in [4.78, 5) is 22.8. The van der Waals surface area contributed by atoms with Crippen molar-refractivity contribution >= 4 is 17.6 Å². The zero-order valence-corrected chi connectivity index (χ0v) is 8.25. The van der Waals surface area contributed by atoms with Crippen LogP contribution in [0, 0.1) is 12.3 Å². The average Bonchev–Trinajstić information content (AvgIpc) is 2.26. The number of aliphatic carboxylic acids is 1. The number of aromatic hydroxyl groups is 1. The third-order valence-electron chi connectivity index (χ3n) is 1.82. The van der Waals surface area contributed by atoms with E-state index in [1.54, 1.807) is 0 Å². The highest BCUT2D eigenvalue weighted by Crippen LogP contribution is 2.18. The Bertz CT molecular complexity index is 444. The summed E-state index contributed by atoms with van der Waals surface area (Å²) in [5.41, 5.74) is 0.322. The summed E-state index contributed by atoms with van der Waals surface area (Å²) in [7, 11) is 0. The molecule has 1 rings (SSSR count). The van der Waals surface area contributed by atoms with E-state index in [-0.39, 0.29) is 5.75 Å². The summed E-state index contributed by atoms with van der Waals surface area (Å²) < 4.78 is 0. The monoisotopic (exact) mass is 219 g/mol. The number of carbonyl (C=O) groups is 2. The molecule has 0 aliphatic carbocycles. The van der Waals surface area contributed by atoms with Gasteiger partial charge in [-0.3, -0.25) is 14.5 Å². The molecule has 0 bridgehead atoms. The minimum absolute atomic E-state index is 0.0205. The second-order valence-corrected chi connectivity index (χ2v) is 2.95. The van der Waals surface area contributed by atoms with Gasteiger partial charge < -0.3 is 10.2 Å². The molecule has 2 N–H and O–H groups in total. The summed E-state index contributed by atoms with van der Waals surface area (Å²) >= 11 is 0. The molecule has 0 aromatic heterocycles. The Kier molecular flexibility index (Phi) is 3.51. The zero-order valence-electron chi connectivity index (χ0n) is 8.25. The number of phenols is 1. The summed E-state index contributed by atoms with van der Waals surface area (Å²) in [5, 5.41) is 17.7. The maximum Gasteiger partial charge on any atom is 0.323 e. The molecule has 1 aromatic rings. The highest BCUT2D eigenvalue weighted by atomic mass is 16.4. The number of rotatable bonds is 3. The molecule has 0 radical (unpaired) electrons. The van der Waals surface area contributed by atoms with Gasteiger partial charge in [-0.1, -0.05) is 0 Å². The molecule has 0 spiro atoms. The smallest absolute Gasteiger partial charge is 0.323 e. The quantitative estimate of drug-likeness (QED) is 0.723. The summed E-state index contributed by atoms with van der Waals surface area (Å²) in [5.74, 6) is -0.0470. The Balaban J connectivity index is 3.01. The predicted octanol–water partition coefficient (Wildman–Crippen LogP) is 0.443. The number of carbonyl (C=O) groups excluding carboxylic acids is 1. The molecule has 5 nitrogen and oxygen atoms in total. The van der Waals surface area contributed by atoms with Gasteiger partial charge in [0.1, 0.15) is 12.3 Å². The standard InChI is InChI=1S/C11H9NO4/c1-2-10(14)12(7-11(15)16)8-3-5-9(13)6-4-8/h1,3-6,13H,7H2,(H,15,16). The maximum absolute atomic E-state index is 11.3. The van der Waals surface area contributed by atoms with Crippen molar-refractivity contribution < 1.29 is 19.8 Å². The van der Waals surface area contributed by atoms with Crippen LogP contribution >= 0.6 is 0 Å². The van der Waals surface area contributed by atoms with Gasteiger partial charge in [-0.05, 0) is 30.2 Å². The molecule has 82 valence electrons. The first-order valence-corrected chi connectivity index (χ1v) is 4.33. The van der Waals surface area contributed by atoms with Gasteiger partial charge >= 0.3 is 11.9 Å². The normalized spacial score (nSPS) is 9.19. The van der Waals surface area contributed by atoms with Crippen LogP contribution in [-0.2, 0) is 9.59 Å². The number of terminal acetylenes is 1. The molecule has 0 aliphatic heterocycles. The fraction of sp³-hybridized carbons (Fsp3) is 0.0909. The largest absolute Gasteiger partial charge is 0.508 e. The van der Waals surface area contributed by atoms with Crippen molar-refractivity contribution in [1.82, 2.24) is 0 Å². The third kappa shape index (κ3) is 2.75. The predicted molar refractivity (Wildman–Crippen MR) is 56.9 cm³/mol. The van der Waals surface area contributed by atoms with Gasteiger partial charge in [-0.2, -0.15) is 0 Å². The van der Waals surface area contributed by atoms with Crippen LogP contribution in [-0.4, -0.2) is 28.6 Å². The average molecular weight is 219 g/mol. The molecule has 16 heavy (non-hydrogen) atoms. The van der Waals surface area contributed by atoms with Gasteiger partial charge in [0, 0.05) is 5.69 Å². The van der Waals surface area contributed by atoms with Crippen LogP contribution in [0.1, 0.15) is 0 Å². The second kappa shape index (κ2) is 4.84. The fourth-order valence-electron chi connectivity index (χ4n) is 1.13. The molecular formula is C11H9NO4. The van der Waals surface area contributed by atoms with Gasteiger partial charge in [-0.25, -0.2) is 0 Å². The van der Waals surface area contributed by atoms with Crippen LogP contribution in [0.4, 0.5) is 5.69 Å². The van der Waals surface area contributed by atoms with E-state index in [2.05, 4.69) is 0 Å². The van der Waals surface area contributed by atoms with Crippen molar-refractivity contribution in [3.05, 3.63) is 24.3 Å². The molecular weight excluding hydrogens is 210 g/mol. The molecule has 5 heteroatoms. The lowest BCUT2D eigenvalue weighted by Crippen LogP contribution is -2.34. The Labute approximate surface area is 91.9 Å². The SMILES string of the molecule is C#CC(=O)N(CC(=O)O)c1ccc(O)cc1. The van der Waals surface area contributed by atoms with Crippen molar-refractivity contribution in [2.75, 3.05) is 11.4 Å². The van der Waals surface area contributed by atoms with E-state index in [1.165, 1.54) is 24.3 Å². The van der Waals surface area contributed by atoms with Crippen LogP contribution in [0.3, 0.4) is 0 Å². The fourth-order valence-corrected chi connectivity index (χ4v) is 1.13. The van der Waals surface area contributed by atoms with Gasteiger partial charge in [0.2, 0.25) is 0 Å². The lowest BCUT2D eigenvalue weighted by Gasteiger charge is -2.17. The van der Waals surface area contributed by atoms with E-state index in [4.69, 9.17) is 16.6 Å². The van der Waals surface area contributed by atoms with E-state index in [1.807, 2.05) is 5.92 Å². The van der Waals surface area contributed by atoms with Crippen molar-refractivity contribution in [2.24, 2.45) is 0 Å². The number of anilines is 1. The number of benzene rings is 1. The molecule has 0 saturated carbocycles. The van der Waals surface area contributed by atoms with E-state index in [0.717, 1.165) is 4.90 Å². The molecule has 0 heterocycles. The van der Waals surface area contributed by atoms with Gasteiger partial charge in [0.25, 0.3) is 0 Å². The molecule has 0 aliphatic rings. The van der Waals surface area contributed by atoms with Gasteiger partial charge in [-0.15, -0.1) is 6.42 Å². The number of carboxylic acid groups (broad SMARTS) is 1. The molecule has 0 saturated heterocycles. The Hall–Kier alpha value is -2.48. The Morgan fingerprint density at radius 3 is 2.31 bits per heavy atom. The first-order chi connectivity index (χ1) is 7.54. The van der Waals surface area contributed by atoms with Crippen molar-refractivity contribution in [3.8, 4) is 18.1 Å². The maximum atomic E-state index is 11.3. The first-order valence-electron chi connectivity index (χ1n) is 4.33. The molecule has 1 amide bonds. The molecule has 1 aromatic carbocycles. The van der Waals surface area contributed by atoms with E-state index in [0.29, 0.717) is 5.69 Å². The Morgan fingerprint density at radius 1 is 1.31 bits per heavy atom. The number of hydrogen-bond donors (Lipinski definition) is 2. The van der Waals surface area contributed by atoms with Gasteiger partial charge in [0.05, 0.1) is 0 Å². The molecule has 0 unspecified atom stereocenters. The first kappa shape index (κ1) is 11.6. The summed E-state index contributed by atoms with van der Waals surface area (Å²) in [6, 6.07) is 5.50. The summed E-state index contributed by atoms with van der Waals surface area (Å²) in [6.45, 7) is -0.520. The van der Waals surface area contributed by atoms with Crippen LogP contribution in [0.5, 0.6) is 5.75 Å². The highest BCUT2D eigenvalue weighted by molar-refractivity contribution is 6.07. The minimum Gasteiger partial charge on any atom is -0.508 e. The minimum atomic E-state index is -1.17. The van der Waals surface area contributed by atoms with Gasteiger partial charge in [0.15, 0.2) is 0 Å². The Morgan fingerprint density at radius 2 is 1.88 bits per heavy atom. The van der Waals surface area contributed by atoms with E-state index in [9.17, 15) is 9.59 Å². The number of amides is 1. The van der Waals surface area contributed by atoms with E-state index < -0.39 is 18.4 Å².